The molecule has 0 saturated carbocycles. The first kappa shape index (κ1) is 11.6. The molecule has 0 radical (unpaired) electrons. The number of nitrogens with two attached hydrogens (primary N) is 1. The second kappa shape index (κ2) is 4.97. The highest BCUT2D eigenvalue weighted by Crippen LogP contribution is 2.26. The lowest BCUT2D eigenvalue weighted by Crippen LogP contribution is -2.20. The van der Waals surface area contributed by atoms with E-state index in [1.807, 2.05) is 6.20 Å². The van der Waals surface area contributed by atoms with E-state index in [9.17, 15) is 0 Å². The van der Waals surface area contributed by atoms with Crippen molar-refractivity contribution in [3.8, 4) is 0 Å². The molecule has 90 valence electrons. The summed E-state index contributed by atoms with van der Waals surface area (Å²) < 4.78 is 2.14. The van der Waals surface area contributed by atoms with Crippen molar-refractivity contribution in [3.63, 3.8) is 0 Å². The summed E-state index contributed by atoms with van der Waals surface area (Å²) in [4.78, 5) is 2.19. The van der Waals surface area contributed by atoms with E-state index >= 15 is 0 Å². The molecule has 0 aliphatic heterocycles. The van der Waals surface area contributed by atoms with Crippen LogP contribution in [0.5, 0.6) is 0 Å². The minimum absolute atomic E-state index is 0.200. The molecule has 4 nitrogen and oxygen atoms in total. The Morgan fingerprint density at radius 3 is 3.06 bits per heavy atom. The van der Waals surface area contributed by atoms with Gasteiger partial charge < -0.3 is 10.6 Å². The van der Waals surface area contributed by atoms with Gasteiger partial charge in [0.2, 0.25) is 0 Å². The zero-order valence-corrected chi connectivity index (χ0v) is 10.3. The number of hydrogen-bond donors (Lipinski definition) is 1. The fourth-order valence-corrected chi connectivity index (χ4v) is 2.31. The molecule has 1 aromatic rings. The molecule has 0 saturated heterocycles. The molecule has 1 unspecified atom stereocenters. The predicted octanol–water partition coefficient (Wildman–Crippen LogP) is 1.17. The van der Waals surface area contributed by atoms with Gasteiger partial charge in [-0.15, -0.1) is 0 Å². The molecule has 2 N–H and O–H groups in total. The normalized spacial score (nSPS) is 20.9. The Bertz CT molecular complexity index is 343. The van der Waals surface area contributed by atoms with Gasteiger partial charge in [0.25, 0.3) is 0 Å². The number of rotatable bonds is 3. The van der Waals surface area contributed by atoms with E-state index in [0.29, 0.717) is 0 Å². The summed E-state index contributed by atoms with van der Waals surface area (Å²) >= 11 is 0. The van der Waals surface area contributed by atoms with Crippen LogP contribution < -0.4 is 5.73 Å². The lowest BCUT2D eigenvalue weighted by atomic mass is 10.1. The predicted molar refractivity (Wildman–Crippen MR) is 65.3 cm³/mol. The third kappa shape index (κ3) is 2.44. The summed E-state index contributed by atoms with van der Waals surface area (Å²) in [6.07, 6.45) is 6.70. The van der Waals surface area contributed by atoms with Gasteiger partial charge in [0.1, 0.15) is 0 Å². The number of fused-ring (bicyclic) bond motifs is 1. The van der Waals surface area contributed by atoms with Gasteiger partial charge in [-0.25, -0.2) is 0 Å². The Morgan fingerprint density at radius 2 is 2.31 bits per heavy atom. The van der Waals surface area contributed by atoms with Crippen LogP contribution in [0.4, 0.5) is 0 Å². The van der Waals surface area contributed by atoms with Crippen LogP contribution in [-0.4, -0.2) is 35.3 Å². The second-order valence-corrected chi connectivity index (χ2v) is 4.93. The quantitative estimate of drug-likeness (QED) is 0.781. The lowest BCUT2D eigenvalue weighted by molar-refractivity contribution is 0.369. The van der Waals surface area contributed by atoms with Crippen molar-refractivity contribution in [2.45, 2.75) is 38.3 Å². The first-order valence-corrected chi connectivity index (χ1v) is 6.13. The topological polar surface area (TPSA) is 47.1 Å². The van der Waals surface area contributed by atoms with E-state index < -0.39 is 0 Å². The molecular weight excluding hydrogens is 200 g/mol. The largest absolute Gasteiger partial charge is 0.324 e. The van der Waals surface area contributed by atoms with Crippen LogP contribution in [0.2, 0.25) is 0 Å². The molecule has 1 heterocycles. The minimum atomic E-state index is 0.200. The number of hydrogen-bond acceptors (Lipinski definition) is 3. The molecule has 1 aromatic heterocycles. The standard InChI is InChI=1S/C12H22N4/c1-15(2)7-8-16-12-6-4-3-5-11(13)10(12)9-14-16/h9,11H,3-8,13H2,1-2H3. The Morgan fingerprint density at radius 1 is 1.50 bits per heavy atom. The maximum Gasteiger partial charge on any atom is 0.0540 e. The van der Waals surface area contributed by atoms with Crippen molar-refractivity contribution in [2.24, 2.45) is 5.73 Å². The molecule has 0 spiro atoms. The zero-order chi connectivity index (χ0) is 11.5. The molecule has 1 atom stereocenters. The zero-order valence-electron chi connectivity index (χ0n) is 10.3. The summed E-state index contributed by atoms with van der Waals surface area (Å²) in [7, 11) is 4.18. The average molecular weight is 222 g/mol. The van der Waals surface area contributed by atoms with Gasteiger partial charge in [-0.2, -0.15) is 5.10 Å². The van der Waals surface area contributed by atoms with Gasteiger partial charge in [-0.05, 0) is 33.4 Å². The molecule has 0 amide bonds. The molecule has 0 aromatic carbocycles. The van der Waals surface area contributed by atoms with E-state index in [1.54, 1.807) is 0 Å². The highest BCUT2D eigenvalue weighted by molar-refractivity contribution is 5.23. The molecular formula is C12H22N4. The molecule has 16 heavy (non-hydrogen) atoms. The maximum atomic E-state index is 6.15. The molecule has 1 aliphatic rings. The Labute approximate surface area is 97.4 Å². The minimum Gasteiger partial charge on any atom is -0.324 e. The molecule has 1 aliphatic carbocycles. The van der Waals surface area contributed by atoms with Gasteiger partial charge >= 0.3 is 0 Å². The van der Waals surface area contributed by atoms with Gasteiger partial charge in [0.15, 0.2) is 0 Å². The molecule has 4 heteroatoms. The van der Waals surface area contributed by atoms with Crippen molar-refractivity contribution < 1.29 is 0 Å². The smallest absolute Gasteiger partial charge is 0.0540 e. The van der Waals surface area contributed by atoms with Crippen LogP contribution in [0.1, 0.15) is 36.6 Å². The molecule has 2 rings (SSSR count). The van der Waals surface area contributed by atoms with Crippen LogP contribution in [0, 0.1) is 0 Å². The van der Waals surface area contributed by atoms with E-state index in [-0.39, 0.29) is 6.04 Å². The van der Waals surface area contributed by atoms with Crippen molar-refractivity contribution >= 4 is 0 Å². The Hall–Kier alpha value is -0.870. The van der Waals surface area contributed by atoms with E-state index in [2.05, 4.69) is 28.8 Å². The van der Waals surface area contributed by atoms with E-state index in [1.165, 1.54) is 24.1 Å². The summed E-state index contributed by atoms with van der Waals surface area (Å²) in [6.45, 7) is 2.00. The Balaban J connectivity index is 2.15. The fraction of sp³-hybridized carbons (Fsp3) is 0.750. The van der Waals surface area contributed by atoms with Crippen LogP contribution in [0.3, 0.4) is 0 Å². The highest BCUT2D eigenvalue weighted by atomic mass is 15.3. The first-order chi connectivity index (χ1) is 7.68. The van der Waals surface area contributed by atoms with Gasteiger partial charge in [0.05, 0.1) is 12.7 Å². The third-order valence-electron chi connectivity index (χ3n) is 3.32. The van der Waals surface area contributed by atoms with Gasteiger partial charge in [-0.1, -0.05) is 6.42 Å². The van der Waals surface area contributed by atoms with Gasteiger partial charge in [0, 0.05) is 23.8 Å². The summed E-state index contributed by atoms with van der Waals surface area (Å²) in [5, 5.41) is 4.47. The number of likely N-dealkylation sites (N-methyl/N-ethyl adjacent to an activating group) is 1. The molecule has 0 bridgehead atoms. The maximum absolute atomic E-state index is 6.15. The monoisotopic (exact) mass is 222 g/mol. The van der Waals surface area contributed by atoms with Crippen molar-refractivity contribution in [3.05, 3.63) is 17.5 Å². The highest BCUT2D eigenvalue weighted by Gasteiger charge is 2.19. The van der Waals surface area contributed by atoms with Gasteiger partial charge in [-0.3, -0.25) is 4.68 Å². The lowest BCUT2D eigenvalue weighted by Gasteiger charge is -2.12. The fourth-order valence-electron chi connectivity index (χ4n) is 2.31. The van der Waals surface area contributed by atoms with Crippen LogP contribution >= 0.6 is 0 Å². The second-order valence-electron chi connectivity index (χ2n) is 4.93. The summed E-state index contributed by atoms with van der Waals surface area (Å²) in [5.41, 5.74) is 8.79. The number of nitrogens with zero attached hydrogens (tertiary/aromatic N) is 3. The van der Waals surface area contributed by atoms with Crippen molar-refractivity contribution in [1.82, 2.24) is 14.7 Å². The summed E-state index contributed by atoms with van der Waals surface area (Å²) in [5.74, 6) is 0. The Kier molecular flexibility index (Phi) is 3.61. The SMILES string of the molecule is CN(C)CCn1ncc2c1CCCCC2N. The van der Waals surface area contributed by atoms with Crippen LogP contribution in [0.15, 0.2) is 6.20 Å². The first-order valence-electron chi connectivity index (χ1n) is 6.13. The third-order valence-corrected chi connectivity index (χ3v) is 3.32. The summed E-state index contributed by atoms with van der Waals surface area (Å²) in [6, 6.07) is 0.200. The van der Waals surface area contributed by atoms with Crippen molar-refractivity contribution in [2.75, 3.05) is 20.6 Å². The van der Waals surface area contributed by atoms with E-state index in [0.717, 1.165) is 25.9 Å². The molecule has 0 fully saturated rings. The van der Waals surface area contributed by atoms with Crippen molar-refractivity contribution in [1.29, 1.82) is 0 Å². The number of aromatic nitrogens is 2. The average Bonchev–Trinajstić information content (AvgIpc) is 2.55. The van der Waals surface area contributed by atoms with Crippen LogP contribution in [-0.2, 0) is 13.0 Å². The van der Waals surface area contributed by atoms with E-state index in [4.69, 9.17) is 5.73 Å². The van der Waals surface area contributed by atoms with Crippen LogP contribution in [0.25, 0.3) is 0 Å².